The average Bonchev–Trinajstić information content (AvgIpc) is 3.17. The van der Waals surface area contributed by atoms with E-state index in [1.54, 1.807) is 23.3 Å². The van der Waals surface area contributed by atoms with Crippen LogP contribution >= 0.6 is 11.3 Å². The van der Waals surface area contributed by atoms with Gasteiger partial charge in [0.05, 0.1) is 11.1 Å². The van der Waals surface area contributed by atoms with Crippen molar-refractivity contribution in [1.82, 2.24) is 9.97 Å². The van der Waals surface area contributed by atoms with Gasteiger partial charge in [0.2, 0.25) is 0 Å². The second kappa shape index (κ2) is 6.76. The van der Waals surface area contributed by atoms with Gasteiger partial charge >= 0.3 is 0 Å². The van der Waals surface area contributed by atoms with Crippen molar-refractivity contribution in [2.45, 2.75) is 0 Å². The number of hydrogen-bond acceptors (Lipinski definition) is 6. The van der Waals surface area contributed by atoms with Gasteiger partial charge in [0.15, 0.2) is 29.0 Å². The van der Waals surface area contributed by atoms with Crippen molar-refractivity contribution >= 4 is 32.9 Å². The van der Waals surface area contributed by atoms with Crippen LogP contribution in [-0.4, -0.2) is 30.2 Å². The Morgan fingerprint density at radius 2 is 1.86 bits per heavy atom. The van der Waals surface area contributed by atoms with Crippen LogP contribution in [0.1, 0.15) is 0 Å². The van der Waals surface area contributed by atoms with E-state index < -0.39 is 5.82 Å². The van der Waals surface area contributed by atoms with Gasteiger partial charge in [-0.15, -0.1) is 11.3 Å². The van der Waals surface area contributed by atoms with Gasteiger partial charge < -0.3 is 14.4 Å². The molecule has 1 aliphatic heterocycles. The van der Waals surface area contributed by atoms with Crippen LogP contribution in [0.5, 0.6) is 11.5 Å². The molecule has 4 aromatic rings. The lowest BCUT2D eigenvalue weighted by Gasteiger charge is -2.23. The van der Waals surface area contributed by atoms with Crippen LogP contribution in [-0.2, 0) is 0 Å². The molecule has 0 unspecified atom stereocenters. The van der Waals surface area contributed by atoms with Crippen molar-refractivity contribution in [3.8, 4) is 22.2 Å². The molecule has 2 aromatic carbocycles. The molecule has 28 heavy (non-hydrogen) atoms. The largest absolute Gasteiger partial charge is 0.486 e. The summed E-state index contributed by atoms with van der Waals surface area (Å²) in [6.45, 7) is 1.03. The van der Waals surface area contributed by atoms with Gasteiger partial charge in [-0.2, -0.15) is 0 Å². The third kappa shape index (κ3) is 2.93. The monoisotopic (exact) mass is 393 g/mol. The fourth-order valence-electron chi connectivity index (χ4n) is 3.17. The van der Waals surface area contributed by atoms with E-state index in [9.17, 15) is 4.39 Å². The maximum absolute atomic E-state index is 14.5. The number of halogens is 1. The normalized spacial score (nSPS) is 12.9. The summed E-state index contributed by atoms with van der Waals surface area (Å²) in [6, 6.07) is 15.6. The standard InChI is InChI=1S/C21H16FN3O2S/c1-25(14-6-7-16-17(11-14)27-9-8-26-16)21-15(22)12-23-20(24-21)19-10-13-4-2-3-5-18(13)28-19/h2-7,10-12H,8-9H2,1H3. The maximum Gasteiger partial charge on any atom is 0.184 e. The summed E-state index contributed by atoms with van der Waals surface area (Å²) in [5, 5.41) is 1.12. The van der Waals surface area contributed by atoms with E-state index in [1.807, 2.05) is 42.5 Å². The van der Waals surface area contributed by atoms with Gasteiger partial charge in [0.1, 0.15) is 13.2 Å². The van der Waals surface area contributed by atoms with E-state index in [2.05, 4.69) is 16.0 Å². The smallest absolute Gasteiger partial charge is 0.184 e. The highest BCUT2D eigenvalue weighted by Crippen LogP contribution is 2.37. The van der Waals surface area contributed by atoms with Gasteiger partial charge in [0.25, 0.3) is 0 Å². The second-order valence-electron chi connectivity index (χ2n) is 6.40. The molecule has 0 atom stereocenters. The third-order valence-corrected chi connectivity index (χ3v) is 5.71. The van der Waals surface area contributed by atoms with Gasteiger partial charge in [-0.1, -0.05) is 18.2 Å². The maximum atomic E-state index is 14.5. The Balaban J connectivity index is 1.53. The first-order valence-electron chi connectivity index (χ1n) is 8.84. The van der Waals surface area contributed by atoms with Crippen LogP contribution in [0.3, 0.4) is 0 Å². The molecule has 1 aliphatic rings. The second-order valence-corrected chi connectivity index (χ2v) is 7.48. The number of nitrogens with zero attached hydrogens (tertiary/aromatic N) is 3. The zero-order chi connectivity index (χ0) is 19.1. The minimum absolute atomic E-state index is 0.208. The number of anilines is 2. The quantitative estimate of drug-likeness (QED) is 0.488. The highest BCUT2D eigenvalue weighted by atomic mass is 32.1. The average molecular weight is 393 g/mol. The molecule has 0 radical (unpaired) electrons. The predicted molar refractivity (Wildman–Crippen MR) is 108 cm³/mol. The molecule has 5 rings (SSSR count). The van der Waals surface area contributed by atoms with E-state index in [-0.39, 0.29) is 5.82 Å². The van der Waals surface area contributed by atoms with Crippen molar-refractivity contribution in [1.29, 1.82) is 0 Å². The molecule has 0 bridgehead atoms. The molecule has 3 heterocycles. The number of thiophene rings is 1. The van der Waals surface area contributed by atoms with Crippen LogP contribution < -0.4 is 14.4 Å². The molecule has 5 nitrogen and oxygen atoms in total. The highest BCUT2D eigenvalue weighted by Gasteiger charge is 2.18. The van der Waals surface area contributed by atoms with Crippen molar-refractivity contribution in [3.05, 3.63) is 60.5 Å². The van der Waals surface area contributed by atoms with E-state index >= 15 is 0 Å². The molecular formula is C21H16FN3O2S. The lowest BCUT2D eigenvalue weighted by atomic mass is 10.2. The number of rotatable bonds is 3. The summed E-state index contributed by atoms with van der Waals surface area (Å²) in [5.41, 5.74) is 0.754. The lowest BCUT2D eigenvalue weighted by Crippen LogP contribution is -2.17. The Bertz CT molecular complexity index is 1140. The first-order valence-corrected chi connectivity index (χ1v) is 9.65. The molecule has 2 aromatic heterocycles. The van der Waals surface area contributed by atoms with Crippen LogP contribution in [0.15, 0.2) is 54.7 Å². The van der Waals surface area contributed by atoms with Crippen molar-refractivity contribution in [3.63, 3.8) is 0 Å². The Hall–Kier alpha value is -3.19. The third-order valence-electron chi connectivity index (χ3n) is 4.60. The Kier molecular flexibility index (Phi) is 4.09. The van der Waals surface area contributed by atoms with Crippen LogP contribution in [0.4, 0.5) is 15.9 Å². The van der Waals surface area contributed by atoms with E-state index in [0.29, 0.717) is 30.5 Å². The Labute approximate surface area is 165 Å². The fourth-order valence-corrected chi connectivity index (χ4v) is 4.17. The Morgan fingerprint density at radius 1 is 1.04 bits per heavy atom. The lowest BCUT2D eigenvalue weighted by molar-refractivity contribution is 0.171. The molecule has 7 heteroatoms. The molecule has 0 amide bonds. The minimum atomic E-state index is -0.484. The number of aromatic nitrogens is 2. The molecule has 0 aliphatic carbocycles. The summed E-state index contributed by atoms with van der Waals surface area (Å²) < 4.78 is 26.9. The molecule has 140 valence electrons. The predicted octanol–water partition coefficient (Wildman–Crippen LogP) is 5.04. The van der Waals surface area contributed by atoms with Crippen LogP contribution in [0, 0.1) is 5.82 Å². The van der Waals surface area contributed by atoms with Crippen molar-refractivity contribution in [2.75, 3.05) is 25.2 Å². The van der Waals surface area contributed by atoms with Gasteiger partial charge in [0, 0.05) is 23.5 Å². The first-order chi connectivity index (χ1) is 13.7. The number of hydrogen-bond donors (Lipinski definition) is 0. The minimum Gasteiger partial charge on any atom is -0.486 e. The summed E-state index contributed by atoms with van der Waals surface area (Å²) in [5.74, 6) is 1.57. The number of benzene rings is 2. The summed E-state index contributed by atoms with van der Waals surface area (Å²) in [7, 11) is 1.77. The number of fused-ring (bicyclic) bond motifs is 2. The zero-order valence-corrected chi connectivity index (χ0v) is 15.9. The molecule has 0 spiro atoms. The van der Waals surface area contributed by atoms with E-state index in [0.717, 1.165) is 20.7 Å². The van der Waals surface area contributed by atoms with Gasteiger partial charge in [-0.05, 0) is 29.7 Å². The molecule has 0 saturated heterocycles. The molecular weight excluding hydrogens is 377 g/mol. The van der Waals surface area contributed by atoms with Crippen molar-refractivity contribution < 1.29 is 13.9 Å². The van der Waals surface area contributed by atoms with Crippen LogP contribution in [0.25, 0.3) is 20.8 Å². The van der Waals surface area contributed by atoms with E-state index in [4.69, 9.17) is 9.47 Å². The molecule has 0 fully saturated rings. The summed E-state index contributed by atoms with van der Waals surface area (Å²) in [6.07, 6.45) is 1.22. The summed E-state index contributed by atoms with van der Waals surface area (Å²) in [4.78, 5) is 11.3. The molecule has 0 saturated carbocycles. The fraction of sp³-hybridized carbons (Fsp3) is 0.143. The van der Waals surface area contributed by atoms with Gasteiger partial charge in [-0.25, -0.2) is 14.4 Å². The SMILES string of the molecule is CN(c1ccc2c(c1)OCCO2)c1nc(-c2cc3ccccc3s2)ncc1F. The summed E-state index contributed by atoms with van der Waals surface area (Å²) >= 11 is 1.59. The Morgan fingerprint density at radius 3 is 2.71 bits per heavy atom. The van der Waals surface area contributed by atoms with Crippen LogP contribution in [0.2, 0.25) is 0 Å². The first kappa shape index (κ1) is 16.9. The highest BCUT2D eigenvalue weighted by molar-refractivity contribution is 7.22. The van der Waals surface area contributed by atoms with Crippen molar-refractivity contribution in [2.24, 2.45) is 0 Å². The number of ether oxygens (including phenoxy) is 2. The molecule has 0 N–H and O–H groups in total. The topological polar surface area (TPSA) is 47.5 Å². The zero-order valence-electron chi connectivity index (χ0n) is 15.1. The van der Waals surface area contributed by atoms with Gasteiger partial charge in [-0.3, -0.25) is 0 Å². The van der Waals surface area contributed by atoms with E-state index in [1.165, 1.54) is 6.20 Å².